The second-order valence-electron chi connectivity index (χ2n) is 11.6. The maximum absolute atomic E-state index is 13.5. The summed E-state index contributed by atoms with van der Waals surface area (Å²) < 4.78 is 5.96. The molecule has 0 radical (unpaired) electrons. The van der Waals surface area contributed by atoms with Crippen molar-refractivity contribution in [3.63, 3.8) is 0 Å². The Labute approximate surface area is 250 Å². The number of hydrogen-bond donors (Lipinski definition) is 3. The van der Waals surface area contributed by atoms with E-state index in [0.29, 0.717) is 28.8 Å². The highest BCUT2D eigenvalue weighted by atomic mass is 35.5. The van der Waals surface area contributed by atoms with Crippen molar-refractivity contribution in [3.8, 4) is 11.1 Å². The molecule has 2 aromatic carbocycles. The van der Waals surface area contributed by atoms with Gasteiger partial charge < -0.3 is 21.1 Å². The van der Waals surface area contributed by atoms with E-state index < -0.39 is 17.6 Å². The summed E-state index contributed by atoms with van der Waals surface area (Å²) in [6.07, 6.45) is 3.51. The number of amides is 3. The highest BCUT2D eigenvalue weighted by molar-refractivity contribution is 7.16. The molecule has 1 saturated carbocycles. The number of alkyl carbamates (subject to hydrolysis) is 1. The van der Waals surface area contributed by atoms with Crippen molar-refractivity contribution in [1.29, 1.82) is 0 Å². The zero-order valence-electron chi connectivity index (χ0n) is 23.7. The minimum atomic E-state index is -0.529. The number of carbonyl (C=O) groups is 3. The Bertz CT molecular complexity index is 1340. The average Bonchev–Trinajstić information content (AvgIpc) is 3.33. The van der Waals surface area contributed by atoms with Gasteiger partial charge in [-0.05, 0) is 88.1 Å². The Balaban J connectivity index is 1.42. The lowest BCUT2D eigenvalue weighted by Crippen LogP contribution is -2.39. The molecule has 0 saturated heterocycles. The monoisotopic (exact) mass is 595 g/mol. The summed E-state index contributed by atoms with van der Waals surface area (Å²) in [4.78, 5) is 37.9. The summed E-state index contributed by atoms with van der Waals surface area (Å²) in [6, 6.07) is 18.9. The fourth-order valence-corrected chi connectivity index (χ4v) is 6.49. The van der Waals surface area contributed by atoms with Crippen molar-refractivity contribution < 1.29 is 19.1 Å². The molecule has 1 aromatic heterocycles. The van der Waals surface area contributed by atoms with Crippen molar-refractivity contribution in [3.05, 3.63) is 81.0 Å². The molecular weight excluding hydrogens is 558 g/mol. The molecule has 1 fully saturated rings. The van der Waals surface area contributed by atoms with E-state index in [2.05, 4.69) is 22.8 Å². The Morgan fingerprint density at radius 1 is 1.02 bits per heavy atom. The predicted octanol–water partition coefficient (Wildman–Crippen LogP) is 6.90. The lowest BCUT2D eigenvalue weighted by Gasteiger charge is -2.29. The number of rotatable bonds is 9. The molecule has 4 rings (SSSR count). The summed E-state index contributed by atoms with van der Waals surface area (Å²) in [5, 5.41) is 6.19. The van der Waals surface area contributed by atoms with E-state index in [9.17, 15) is 14.4 Å². The molecule has 0 bridgehead atoms. The number of carbonyl (C=O) groups excluding carboxylic acids is 3. The van der Waals surface area contributed by atoms with Crippen LogP contribution in [0.5, 0.6) is 0 Å². The summed E-state index contributed by atoms with van der Waals surface area (Å²) >= 11 is 8.15. The number of hydrogen-bond acceptors (Lipinski definition) is 5. The minimum absolute atomic E-state index is 0.0429. The largest absolute Gasteiger partial charge is 0.444 e. The summed E-state index contributed by atoms with van der Waals surface area (Å²) in [5.41, 5.74) is 8.15. The fourth-order valence-electron chi connectivity index (χ4n) is 5.10. The van der Waals surface area contributed by atoms with Crippen LogP contribution < -0.4 is 16.4 Å². The van der Waals surface area contributed by atoms with Crippen LogP contribution in [-0.4, -0.2) is 30.1 Å². The van der Waals surface area contributed by atoms with Crippen LogP contribution >= 0.6 is 22.9 Å². The molecule has 0 aliphatic heterocycles. The number of thiophene rings is 1. The number of ether oxygens (including phenoxy) is 1. The number of nitrogens with one attached hydrogen (secondary N) is 2. The first-order chi connectivity index (χ1) is 19.5. The summed E-state index contributed by atoms with van der Waals surface area (Å²) in [7, 11) is 0. The van der Waals surface area contributed by atoms with Gasteiger partial charge in [0.1, 0.15) is 9.94 Å². The first-order valence-electron chi connectivity index (χ1n) is 14.0. The minimum Gasteiger partial charge on any atom is -0.444 e. The lowest BCUT2D eigenvalue weighted by molar-refractivity contribution is -0.127. The molecule has 41 heavy (non-hydrogen) atoms. The maximum Gasteiger partial charge on any atom is 0.407 e. The van der Waals surface area contributed by atoms with Gasteiger partial charge in [-0.3, -0.25) is 9.59 Å². The molecule has 9 heteroatoms. The molecule has 1 heterocycles. The third-order valence-corrected chi connectivity index (χ3v) is 8.75. The van der Waals surface area contributed by atoms with Gasteiger partial charge in [-0.2, -0.15) is 0 Å². The van der Waals surface area contributed by atoms with Crippen LogP contribution in [0.15, 0.2) is 60.7 Å². The zero-order chi connectivity index (χ0) is 29.6. The average molecular weight is 596 g/mol. The van der Waals surface area contributed by atoms with Gasteiger partial charge in [0.05, 0.1) is 6.04 Å². The summed E-state index contributed by atoms with van der Waals surface area (Å²) in [6.45, 7) is 6.08. The van der Waals surface area contributed by atoms with Crippen molar-refractivity contribution in [1.82, 2.24) is 10.6 Å². The Kier molecular flexibility index (Phi) is 10.1. The molecule has 0 spiro atoms. The molecule has 1 aliphatic rings. The third-order valence-electron chi connectivity index (χ3n) is 7.28. The molecule has 7 nitrogen and oxygen atoms in total. The molecule has 218 valence electrons. The molecular formula is C32H38ClN3O4S. The van der Waals surface area contributed by atoms with E-state index in [1.807, 2.05) is 57.2 Å². The highest BCUT2D eigenvalue weighted by Crippen LogP contribution is 2.39. The maximum atomic E-state index is 13.5. The van der Waals surface area contributed by atoms with Crippen LogP contribution in [0.3, 0.4) is 0 Å². The zero-order valence-corrected chi connectivity index (χ0v) is 25.3. The van der Waals surface area contributed by atoms with Crippen molar-refractivity contribution >= 4 is 40.8 Å². The van der Waals surface area contributed by atoms with Crippen molar-refractivity contribution in [2.45, 2.75) is 64.5 Å². The van der Waals surface area contributed by atoms with Crippen LogP contribution in [0.1, 0.15) is 73.3 Å². The first kappa shape index (κ1) is 30.6. The van der Waals surface area contributed by atoms with Crippen LogP contribution in [-0.2, 0) is 16.0 Å². The number of nitrogens with two attached hydrogens (primary N) is 1. The van der Waals surface area contributed by atoms with E-state index in [0.717, 1.165) is 47.3 Å². The molecule has 3 aromatic rings. The quantitative estimate of drug-likeness (QED) is 0.250. The van der Waals surface area contributed by atoms with Gasteiger partial charge in [0.2, 0.25) is 11.8 Å². The number of primary amides is 1. The van der Waals surface area contributed by atoms with Crippen molar-refractivity contribution in [2.24, 2.45) is 17.6 Å². The smallest absolute Gasteiger partial charge is 0.407 e. The number of benzene rings is 2. The summed E-state index contributed by atoms with van der Waals surface area (Å²) in [5.74, 6) is -0.192. The van der Waals surface area contributed by atoms with E-state index in [1.165, 1.54) is 11.3 Å². The Morgan fingerprint density at radius 3 is 2.29 bits per heavy atom. The highest BCUT2D eigenvalue weighted by Gasteiger charge is 2.29. The first-order valence-corrected chi connectivity index (χ1v) is 15.2. The van der Waals surface area contributed by atoms with Gasteiger partial charge in [-0.25, -0.2) is 4.79 Å². The lowest BCUT2D eigenvalue weighted by atomic mass is 9.81. The van der Waals surface area contributed by atoms with Gasteiger partial charge >= 0.3 is 6.09 Å². The fraction of sp³-hybridized carbons (Fsp3) is 0.406. The van der Waals surface area contributed by atoms with Gasteiger partial charge in [-0.15, -0.1) is 11.3 Å². The van der Waals surface area contributed by atoms with Gasteiger partial charge in [0.15, 0.2) is 0 Å². The Morgan fingerprint density at radius 2 is 1.68 bits per heavy atom. The molecule has 1 unspecified atom stereocenters. The van der Waals surface area contributed by atoms with Gasteiger partial charge in [-0.1, -0.05) is 54.1 Å². The predicted molar refractivity (Wildman–Crippen MR) is 164 cm³/mol. The van der Waals surface area contributed by atoms with E-state index in [-0.39, 0.29) is 17.9 Å². The van der Waals surface area contributed by atoms with Crippen LogP contribution in [0.25, 0.3) is 11.1 Å². The van der Waals surface area contributed by atoms with E-state index in [4.69, 9.17) is 22.1 Å². The third kappa shape index (κ3) is 8.81. The molecule has 1 atom stereocenters. The number of halogens is 1. The molecule has 1 aliphatic carbocycles. The van der Waals surface area contributed by atoms with Gasteiger partial charge in [0.25, 0.3) is 0 Å². The Hall–Kier alpha value is -3.36. The second-order valence-corrected chi connectivity index (χ2v) is 13.3. The molecule has 3 amide bonds. The van der Waals surface area contributed by atoms with Crippen LogP contribution in [0, 0.1) is 11.8 Å². The SMILES string of the molecule is CC(C)(C)OC(=O)NC[C@H]1CC[C@H](C(=O)NC(Cc2ccccc2)c2cc(-c3ccc(C(N)=O)cc3)c(Cl)s2)CC1. The van der Waals surface area contributed by atoms with Crippen LogP contribution in [0.4, 0.5) is 4.79 Å². The van der Waals surface area contributed by atoms with E-state index >= 15 is 0 Å². The van der Waals surface area contributed by atoms with Gasteiger partial charge in [0, 0.05) is 28.5 Å². The second kappa shape index (κ2) is 13.5. The topological polar surface area (TPSA) is 111 Å². The van der Waals surface area contributed by atoms with E-state index in [1.54, 1.807) is 12.1 Å². The van der Waals surface area contributed by atoms with Crippen LogP contribution in [0.2, 0.25) is 4.34 Å². The molecule has 4 N–H and O–H groups in total. The normalized spacial score (nSPS) is 17.9. The van der Waals surface area contributed by atoms with Crippen molar-refractivity contribution in [2.75, 3.05) is 6.54 Å². The standard InChI is InChI=1S/C32H38ClN3O4S/c1-32(2,3)40-31(39)35-19-21-9-11-24(12-10-21)30(38)36-26(17-20-7-5-4-6-8-20)27-18-25(28(33)41-27)22-13-15-23(16-14-22)29(34)37/h4-8,13-16,18,21,24,26H,9-12,17,19H2,1-3H3,(H2,34,37)(H,35,39)(H,36,38)/t21-,24-,26?.